The van der Waals surface area contributed by atoms with E-state index in [-0.39, 0.29) is 12.1 Å². The monoisotopic (exact) mass is 209 g/mol. The van der Waals surface area contributed by atoms with E-state index in [4.69, 9.17) is 4.74 Å². The molecule has 0 bridgehead atoms. The molecule has 1 aromatic rings. The SMILES string of the molecule is CC(C)Cn1ccc(C2COC(=O)N2)n1. The molecular weight excluding hydrogens is 194 g/mol. The third kappa shape index (κ3) is 2.29. The fraction of sp³-hybridized carbons (Fsp3) is 0.600. The van der Waals surface area contributed by atoms with Crippen LogP contribution < -0.4 is 5.32 Å². The first kappa shape index (κ1) is 10.0. The minimum absolute atomic E-state index is 0.0917. The molecule has 82 valence electrons. The Morgan fingerprint density at radius 2 is 2.53 bits per heavy atom. The summed E-state index contributed by atoms with van der Waals surface area (Å²) >= 11 is 0. The van der Waals surface area contributed by atoms with E-state index >= 15 is 0 Å². The summed E-state index contributed by atoms with van der Waals surface area (Å²) in [5.74, 6) is 0.562. The second kappa shape index (κ2) is 3.92. The van der Waals surface area contributed by atoms with Crippen molar-refractivity contribution in [2.24, 2.45) is 5.92 Å². The molecule has 15 heavy (non-hydrogen) atoms. The first-order valence-corrected chi connectivity index (χ1v) is 5.12. The highest BCUT2D eigenvalue weighted by Crippen LogP contribution is 2.15. The molecule has 0 saturated carbocycles. The Balaban J connectivity index is 2.03. The Morgan fingerprint density at radius 1 is 1.73 bits per heavy atom. The van der Waals surface area contributed by atoms with Crippen LogP contribution in [0.15, 0.2) is 12.3 Å². The lowest BCUT2D eigenvalue weighted by Crippen LogP contribution is -2.19. The number of rotatable bonds is 3. The van der Waals surface area contributed by atoms with E-state index in [2.05, 4.69) is 24.3 Å². The van der Waals surface area contributed by atoms with Crippen LogP contribution in [0.2, 0.25) is 0 Å². The van der Waals surface area contributed by atoms with Gasteiger partial charge in [0.1, 0.15) is 12.6 Å². The average Bonchev–Trinajstić information content (AvgIpc) is 2.72. The lowest BCUT2D eigenvalue weighted by atomic mass is 10.2. The van der Waals surface area contributed by atoms with Gasteiger partial charge in [-0.25, -0.2) is 4.79 Å². The molecule has 1 unspecified atom stereocenters. The molecule has 0 spiro atoms. The fourth-order valence-corrected chi connectivity index (χ4v) is 1.58. The minimum Gasteiger partial charge on any atom is -0.447 e. The fourth-order valence-electron chi connectivity index (χ4n) is 1.58. The molecule has 1 fully saturated rings. The maximum Gasteiger partial charge on any atom is 0.407 e. The minimum atomic E-state index is -0.363. The first-order valence-electron chi connectivity index (χ1n) is 5.12. The molecule has 0 aliphatic carbocycles. The molecule has 5 nitrogen and oxygen atoms in total. The maximum absolute atomic E-state index is 10.8. The van der Waals surface area contributed by atoms with Crippen molar-refractivity contribution in [2.75, 3.05) is 6.61 Å². The Kier molecular flexibility index (Phi) is 2.62. The molecule has 1 saturated heterocycles. The van der Waals surface area contributed by atoms with Gasteiger partial charge >= 0.3 is 6.09 Å². The second-order valence-electron chi connectivity index (χ2n) is 4.15. The third-order valence-corrected chi connectivity index (χ3v) is 2.24. The number of hydrogen-bond acceptors (Lipinski definition) is 3. The van der Waals surface area contributed by atoms with Crippen LogP contribution in [0.1, 0.15) is 25.6 Å². The molecule has 0 radical (unpaired) electrons. The first-order chi connectivity index (χ1) is 7.15. The number of cyclic esters (lactones) is 1. The molecule has 5 heteroatoms. The number of alkyl carbamates (subject to hydrolysis) is 1. The van der Waals surface area contributed by atoms with Gasteiger partial charge in [-0.2, -0.15) is 5.10 Å². The van der Waals surface area contributed by atoms with Crippen LogP contribution >= 0.6 is 0 Å². The van der Waals surface area contributed by atoms with E-state index in [0.29, 0.717) is 12.5 Å². The van der Waals surface area contributed by atoms with Gasteiger partial charge in [-0.15, -0.1) is 0 Å². The predicted octanol–water partition coefficient (Wildman–Crippen LogP) is 1.32. The highest BCUT2D eigenvalue weighted by molar-refractivity contribution is 5.69. The van der Waals surface area contributed by atoms with Crippen molar-refractivity contribution in [1.29, 1.82) is 0 Å². The van der Waals surface area contributed by atoms with Gasteiger partial charge in [-0.05, 0) is 12.0 Å². The summed E-state index contributed by atoms with van der Waals surface area (Å²) in [6.45, 7) is 5.54. The van der Waals surface area contributed by atoms with Gasteiger partial charge in [0.2, 0.25) is 0 Å². The van der Waals surface area contributed by atoms with Crippen molar-refractivity contribution < 1.29 is 9.53 Å². The number of ether oxygens (including phenoxy) is 1. The van der Waals surface area contributed by atoms with Crippen molar-refractivity contribution in [3.8, 4) is 0 Å². The lowest BCUT2D eigenvalue weighted by Gasteiger charge is -2.05. The quantitative estimate of drug-likeness (QED) is 0.816. The van der Waals surface area contributed by atoms with Crippen molar-refractivity contribution in [3.05, 3.63) is 18.0 Å². The largest absolute Gasteiger partial charge is 0.447 e. The topological polar surface area (TPSA) is 56.1 Å². The summed E-state index contributed by atoms with van der Waals surface area (Å²) in [5, 5.41) is 7.09. The number of aromatic nitrogens is 2. The predicted molar refractivity (Wildman–Crippen MR) is 54.3 cm³/mol. The Bertz CT molecular complexity index is 359. The molecule has 1 amide bonds. The van der Waals surface area contributed by atoms with Gasteiger partial charge < -0.3 is 10.1 Å². The van der Waals surface area contributed by atoms with Gasteiger partial charge in [-0.3, -0.25) is 4.68 Å². The summed E-state index contributed by atoms with van der Waals surface area (Å²) < 4.78 is 6.70. The normalized spacial score (nSPS) is 20.5. The summed E-state index contributed by atoms with van der Waals surface area (Å²) in [5.41, 5.74) is 0.863. The number of nitrogens with one attached hydrogen (secondary N) is 1. The zero-order valence-electron chi connectivity index (χ0n) is 8.93. The van der Waals surface area contributed by atoms with Crippen LogP contribution in [0.25, 0.3) is 0 Å². The molecule has 1 aliphatic rings. The molecular formula is C10H15N3O2. The molecule has 1 N–H and O–H groups in total. The molecule has 1 aromatic heterocycles. The van der Waals surface area contributed by atoms with Gasteiger partial charge in [0.05, 0.1) is 5.69 Å². The number of carbonyl (C=O) groups is 1. The summed E-state index contributed by atoms with van der Waals surface area (Å²) in [7, 11) is 0. The van der Waals surface area contributed by atoms with Crippen LogP contribution in [0.5, 0.6) is 0 Å². The number of nitrogens with zero attached hydrogens (tertiary/aromatic N) is 2. The van der Waals surface area contributed by atoms with Crippen molar-refractivity contribution in [3.63, 3.8) is 0 Å². The molecule has 2 heterocycles. The maximum atomic E-state index is 10.8. The van der Waals surface area contributed by atoms with Gasteiger partial charge in [0, 0.05) is 12.7 Å². The summed E-state index contributed by atoms with van der Waals surface area (Å²) in [4.78, 5) is 10.8. The standard InChI is InChI=1S/C10H15N3O2/c1-7(2)5-13-4-3-8(12-13)9-6-15-10(14)11-9/h3-4,7,9H,5-6H2,1-2H3,(H,11,14). The van der Waals surface area contributed by atoms with E-state index in [9.17, 15) is 4.79 Å². The van der Waals surface area contributed by atoms with E-state index in [1.54, 1.807) is 0 Å². The lowest BCUT2D eigenvalue weighted by molar-refractivity contribution is 0.177. The zero-order valence-corrected chi connectivity index (χ0v) is 8.93. The molecule has 1 aliphatic heterocycles. The van der Waals surface area contributed by atoms with Crippen LogP contribution in [0.4, 0.5) is 4.79 Å². The zero-order chi connectivity index (χ0) is 10.8. The third-order valence-electron chi connectivity index (χ3n) is 2.24. The average molecular weight is 209 g/mol. The van der Waals surface area contributed by atoms with Crippen LogP contribution in [0, 0.1) is 5.92 Å². The van der Waals surface area contributed by atoms with E-state index in [0.717, 1.165) is 12.2 Å². The molecule has 1 atom stereocenters. The second-order valence-corrected chi connectivity index (χ2v) is 4.15. The van der Waals surface area contributed by atoms with Crippen LogP contribution in [0.3, 0.4) is 0 Å². The van der Waals surface area contributed by atoms with Crippen molar-refractivity contribution >= 4 is 6.09 Å². The molecule has 0 aromatic carbocycles. The van der Waals surface area contributed by atoms with Gasteiger partial charge in [0.15, 0.2) is 0 Å². The highest BCUT2D eigenvalue weighted by atomic mass is 16.6. The van der Waals surface area contributed by atoms with E-state index < -0.39 is 0 Å². The van der Waals surface area contributed by atoms with Gasteiger partial charge in [0.25, 0.3) is 0 Å². The van der Waals surface area contributed by atoms with Crippen molar-refractivity contribution in [1.82, 2.24) is 15.1 Å². The highest BCUT2D eigenvalue weighted by Gasteiger charge is 2.25. The van der Waals surface area contributed by atoms with Crippen LogP contribution in [-0.2, 0) is 11.3 Å². The molecule has 2 rings (SSSR count). The summed E-state index contributed by atoms with van der Waals surface area (Å²) in [6, 6.07) is 1.83. The Hall–Kier alpha value is -1.52. The van der Waals surface area contributed by atoms with Crippen molar-refractivity contribution in [2.45, 2.75) is 26.4 Å². The Morgan fingerprint density at radius 3 is 3.13 bits per heavy atom. The Labute approximate surface area is 88.4 Å². The number of hydrogen-bond donors (Lipinski definition) is 1. The smallest absolute Gasteiger partial charge is 0.407 e. The van der Waals surface area contributed by atoms with E-state index in [1.807, 2.05) is 16.9 Å². The number of carbonyl (C=O) groups excluding carboxylic acids is 1. The van der Waals surface area contributed by atoms with Gasteiger partial charge in [-0.1, -0.05) is 13.8 Å². The van der Waals surface area contributed by atoms with E-state index in [1.165, 1.54) is 0 Å². The summed E-state index contributed by atoms with van der Waals surface area (Å²) in [6.07, 6.45) is 1.57. The van der Waals surface area contributed by atoms with Crippen LogP contribution in [-0.4, -0.2) is 22.5 Å². The number of amides is 1.